The molecule has 0 saturated heterocycles. The van der Waals surface area contributed by atoms with Gasteiger partial charge < -0.3 is 8.83 Å². The minimum absolute atomic E-state index is 0.137. The Bertz CT molecular complexity index is 3100. The Morgan fingerprint density at radius 1 is 0.455 bits per heavy atom. The minimum Gasteiger partial charge on any atom is -0.456 e. The highest BCUT2D eigenvalue weighted by Gasteiger charge is 2.19. The molecule has 44 heavy (non-hydrogen) atoms. The molecule has 0 bridgehead atoms. The number of para-hydroxylation sites is 2. The van der Waals surface area contributed by atoms with Crippen LogP contribution >= 0.6 is 0 Å². The first kappa shape index (κ1) is 16.0. The van der Waals surface area contributed by atoms with E-state index in [-0.39, 0.29) is 50.5 Å². The summed E-state index contributed by atoms with van der Waals surface area (Å²) in [5.74, 6) is 0.235. The summed E-state index contributed by atoms with van der Waals surface area (Å²) in [6.45, 7) is 0. The van der Waals surface area contributed by atoms with Crippen molar-refractivity contribution in [2.45, 2.75) is 0 Å². The fourth-order valence-corrected chi connectivity index (χ4v) is 5.37. The highest BCUT2D eigenvalue weighted by molar-refractivity contribution is 6.13. The summed E-state index contributed by atoms with van der Waals surface area (Å²) >= 11 is 0. The Balaban J connectivity index is 1.37. The molecule has 0 radical (unpaired) electrons. The molecule has 0 saturated carbocycles. The highest BCUT2D eigenvalue weighted by Crippen LogP contribution is 2.39. The fourth-order valence-electron chi connectivity index (χ4n) is 5.37. The molecule has 3 heterocycles. The standard InChI is InChI=1S/C39H23N3O2/c1-3-11-24(12-4-1)27-16-10-20-33-35(27)30-22-21-26(23-34(30)43-33)38-40-37(25-13-5-2-6-14-25)41-39(42-38)31-18-9-17-29-28-15-7-8-19-32(28)44-36(29)31/h1-23H/i1D,3D,4D,10D,11D,12D,16D,20D,21D,22D,23D. The molecule has 0 unspecified atom stereocenters. The molecule has 5 heteroatoms. The third-order valence-corrected chi connectivity index (χ3v) is 7.36. The number of aromatic nitrogens is 3. The summed E-state index contributed by atoms with van der Waals surface area (Å²) in [5.41, 5.74) is 0.626. The van der Waals surface area contributed by atoms with E-state index in [9.17, 15) is 4.11 Å². The van der Waals surface area contributed by atoms with Crippen molar-refractivity contribution >= 4 is 43.9 Å². The molecule has 3 aromatic heterocycles. The summed E-state index contributed by atoms with van der Waals surface area (Å²) in [7, 11) is 0. The molecule has 9 rings (SSSR count). The number of furan rings is 2. The van der Waals surface area contributed by atoms with Crippen molar-refractivity contribution in [3.63, 3.8) is 0 Å². The van der Waals surface area contributed by atoms with Crippen molar-refractivity contribution in [3.05, 3.63) is 139 Å². The first-order chi connectivity index (χ1) is 26.4. The van der Waals surface area contributed by atoms with Crippen LogP contribution in [0.25, 0.3) is 89.2 Å². The predicted molar refractivity (Wildman–Crippen MR) is 176 cm³/mol. The maximum atomic E-state index is 9.41. The zero-order valence-corrected chi connectivity index (χ0v) is 22.6. The molecule has 9 aromatic rings. The van der Waals surface area contributed by atoms with Gasteiger partial charge in [0.25, 0.3) is 0 Å². The van der Waals surface area contributed by atoms with E-state index in [2.05, 4.69) is 4.98 Å². The molecule has 6 aromatic carbocycles. The van der Waals surface area contributed by atoms with Crippen molar-refractivity contribution in [3.8, 4) is 45.3 Å². The van der Waals surface area contributed by atoms with Crippen molar-refractivity contribution < 1.29 is 23.9 Å². The first-order valence-electron chi connectivity index (χ1n) is 19.1. The SMILES string of the molecule is [2H]c1c([2H])c([2H])c(-c2c([2H])c([2H])c([2H])c3oc4c([2H])c(-c5nc(-c6ccccc6)nc(-c6cccc7c6oc6ccccc67)n5)c([2H])c([2H])c4c23)c([2H])c1[2H]. The normalized spacial score (nSPS) is 15.1. The quantitative estimate of drug-likeness (QED) is 0.209. The molecule has 0 fully saturated rings. The Morgan fingerprint density at radius 2 is 1.23 bits per heavy atom. The van der Waals surface area contributed by atoms with E-state index >= 15 is 0 Å². The molecular weight excluding hydrogens is 542 g/mol. The molecule has 0 aliphatic carbocycles. The van der Waals surface area contributed by atoms with Crippen LogP contribution in [0.4, 0.5) is 0 Å². The van der Waals surface area contributed by atoms with Gasteiger partial charge in [0, 0.05) is 32.7 Å². The van der Waals surface area contributed by atoms with Gasteiger partial charge in [0.2, 0.25) is 0 Å². The molecule has 0 atom stereocenters. The second kappa shape index (κ2) is 9.75. The van der Waals surface area contributed by atoms with Gasteiger partial charge in [-0.25, -0.2) is 15.0 Å². The third-order valence-electron chi connectivity index (χ3n) is 7.36. The highest BCUT2D eigenvalue weighted by atomic mass is 16.3. The van der Waals surface area contributed by atoms with Gasteiger partial charge in [-0.15, -0.1) is 0 Å². The number of nitrogens with zero attached hydrogens (tertiary/aromatic N) is 3. The van der Waals surface area contributed by atoms with E-state index in [1.54, 1.807) is 30.3 Å². The second-order valence-corrected chi connectivity index (χ2v) is 9.96. The van der Waals surface area contributed by atoms with Gasteiger partial charge in [0.05, 0.1) is 20.6 Å². The number of hydrogen-bond acceptors (Lipinski definition) is 5. The van der Waals surface area contributed by atoms with E-state index < -0.39 is 72.0 Å². The van der Waals surface area contributed by atoms with Crippen LogP contribution < -0.4 is 0 Å². The number of benzene rings is 6. The average molecular weight is 577 g/mol. The molecule has 5 nitrogen and oxygen atoms in total. The Morgan fingerprint density at radius 3 is 2.11 bits per heavy atom. The van der Waals surface area contributed by atoms with Crippen LogP contribution in [0.5, 0.6) is 0 Å². The number of rotatable bonds is 4. The van der Waals surface area contributed by atoms with Crippen molar-refractivity contribution in [1.82, 2.24) is 15.0 Å². The van der Waals surface area contributed by atoms with Gasteiger partial charge in [0.15, 0.2) is 17.5 Å². The summed E-state index contributed by atoms with van der Waals surface area (Å²) in [4.78, 5) is 14.2. The lowest BCUT2D eigenvalue weighted by Gasteiger charge is -2.09. The summed E-state index contributed by atoms with van der Waals surface area (Å²) in [5, 5.41) is 1.30. The largest absolute Gasteiger partial charge is 0.456 e. The van der Waals surface area contributed by atoms with Crippen LogP contribution in [0.3, 0.4) is 0 Å². The second-order valence-electron chi connectivity index (χ2n) is 9.96. The van der Waals surface area contributed by atoms with Crippen LogP contribution in [0.2, 0.25) is 0 Å². The van der Waals surface area contributed by atoms with Crippen LogP contribution in [-0.4, -0.2) is 15.0 Å². The maximum Gasteiger partial charge on any atom is 0.167 e. The predicted octanol–water partition coefficient (Wildman–Crippen LogP) is 10.3. The van der Waals surface area contributed by atoms with Gasteiger partial charge >= 0.3 is 0 Å². The fraction of sp³-hybridized carbons (Fsp3) is 0. The van der Waals surface area contributed by atoms with E-state index in [4.69, 9.17) is 29.8 Å². The smallest absolute Gasteiger partial charge is 0.167 e. The zero-order valence-electron chi connectivity index (χ0n) is 33.6. The molecule has 0 N–H and O–H groups in total. The summed E-state index contributed by atoms with van der Waals surface area (Å²) < 4.78 is 108. The van der Waals surface area contributed by atoms with Crippen LogP contribution in [0, 0.1) is 0 Å². The topological polar surface area (TPSA) is 65.0 Å². The van der Waals surface area contributed by atoms with Crippen LogP contribution in [0.1, 0.15) is 15.1 Å². The lowest BCUT2D eigenvalue weighted by Crippen LogP contribution is -2.00. The summed E-state index contributed by atoms with van der Waals surface area (Å²) in [6, 6.07) is 15.4. The molecule has 0 aliphatic heterocycles. The Labute approximate surface area is 267 Å². The summed E-state index contributed by atoms with van der Waals surface area (Å²) in [6.07, 6.45) is 0. The number of fused-ring (bicyclic) bond motifs is 6. The molecular formula is C39H23N3O2. The van der Waals surface area contributed by atoms with E-state index in [0.717, 1.165) is 10.8 Å². The monoisotopic (exact) mass is 576 g/mol. The first-order valence-corrected chi connectivity index (χ1v) is 13.6. The van der Waals surface area contributed by atoms with Gasteiger partial charge in [-0.1, -0.05) is 109 Å². The average Bonchev–Trinajstić information content (AvgIpc) is 3.79. The van der Waals surface area contributed by atoms with Crippen molar-refractivity contribution in [1.29, 1.82) is 0 Å². The molecule has 0 aliphatic rings. The zero-order chi connectivity index (χ0) is 38.6. The Hall–Kier alpha value is -6.07. The van der Waals surface area contributed by atoms with E-state index in [1.165, 1.54) is 0 Å². The molecule has 0 amide bonds. The minimum atomic E-state index is -0.688. The van der Waals surface area contributed by atoms with Gasteiger partial charge in [0.1, 0.15) is 22.3 Å². The molecule has 206 valence electrons. The van der Waals surface area contributed by atoms with E-state index in [0.29, 0.717) is 22.3 Å². The Kier molecular flexibility index (Phi) is 3.54. The van der Waals surface area contributed by atoms with E-state index in [1.807, 2.05) is 42.5 Å². The maximum absolute atomic E-state index is 9.41. The van der Waals surface area contributed by atoms with Gasteiger partial charge in [-0.05, 0) is 41.4 Å². The lowest BCUT2D eigenvalue weighted by molar-refractivity contribution is 0.668. The van der Waals surface area contributed by atoms with Crippen LogP contribution in [-0.2, 0) is 0 Å². The van der Waals surface area contributed by atoms with Crippen LogP contribution in [0.15, 0.2) is 148 Å². The van der Waals surface area contributed by atoms with Gasteiger partial charge in [-0.2, -0.15) is 0 Å². The lowest BCUT2D eigenvalue weighted by atomic mass is 9.99. The van der Waals surface area contributed by atoms with Crippen molar-refractivity contribution in [2.24, 2.45) is 0 Å². The third kappa shape index (κ3) is 3.91. The van der Waals surface area contributed by atoms with Gasteiger partial charge in [-0.3, -0.25) is 0 Å². The molecule has 0 spiro atoms. The van der Waals surface area contributed by atoms with Crippen molar-refractivity contribution in [2.75, 3.05) is 0 Å². The number of hydrogen-bond donors (Lipinski definition) is 0.